The summed E-state index contributed by atoms with van der Waals surface area (Å²) >= 11 is 0. The first-order chi connectivity index (χ1) is 17.0. The van der Waals surface area contributed by atoms with Crippen molar-refractivity contribution in [3.63, 3.8) is 0 Å². The van der Waals surface area contributed by atoms with E-state index in [0.717, 1.165) is 23.2 Å². The van der Waals surface area contributed by atoms with Gasteiger partial charge in [0, 0.05) is 43.5 Å². The van der Waals surface area contributed by atoms with E-state index in [9.17, 15) is 9.90 Å². The number of carbonyl (C=O) groups is 1. The summed E-state index contributed by atoms with van der Waals surface area (Å²) in [5.41, 5.74) is 4.81. The number of rotatable bonds is 6. The standard InChI is InChI=1S/C29H35N3O3/c1-21-16-32(22(2)19-33)29(34)27-11-7-6-10-26(27)25-9-5-4-8-24(25)20-35-28(21)18-31(3)17-23-12-14-30-15-13-23/h4-15,21-22,28,33H,16-20H2,1-3H3/t21-,22+,28+/m0/s1. The molecule has 1 amide bonds. The van der Waals surface area contributed by atoms with Crippen molar-refractivity contribution in [1.82, 2.24) is 14.8 Å². The summed E-state index contributed by atoms with van der Waals surface area (Å²) in [7, 11) is 2.09. The number of hydrogen-bond donors (Lipinski definition) is 1. The fourth-order valence-corrected chi connectivity index (χ4v) is 4.72. The van der Waals surface area contributed by atoms with E-state index in [1.54, 1.807) is 4.90 Å². The molecule has 1 aliphatic rings. The van der Waals surface area contributed by atoms with Crippen LogP contribution in [-0.4, -0.2) is 64.7 Å². The van der Waals surface area contributed by atoms with Crippen LogP contribution in [0, 0.1) is 5.92 Å². The molecule has 0 fully saturated rings. The number of aliphatic hydroxyl groups is 1. The largest absolute Gasteiger partial charge is 0.394 e. The van der Waals surface area contributed by atoms with E-state index in [1.807, 2.05) is 67.8 Å². The SMILES string of the molecule is C[C@H](CO)N1C[C@H](C)[C@@H](CN(C)Cc2ccncc2)OCc2ccccc2-c2ccccc2C1=O. The van der Waals surface area contributed by atoms with Crippen molar-refractivity contribution in [1.29, 1.82) is 0 Å². The van der Waals surface area contributed by atoms with Gasteiger partial charge in [-0.25, -0.2) is 0 Å². The Balaban J connectivity index is 1.68. The molecular weight excluding hydrogens is 438 g/mol. The highest BCUT2D eigenvalue weighted by molar-refractivity contribution is 6.01. The van der Waals surface area contributed by atoms with Gasteiger partial charge in [0.1, 0.15) is 0 Å². The molecule has 3 aromatic rings. The molecule has 1 N–H and O–H groups in total. The lowest BCUT2D eigenvalue weighted by atomic mass is 9.94. The van der Waals surface area contributed by atoms with Gasteiger partial charge in [-0.05, 0) is 54.4 Å². The minimum Gasteiger partial charge on any atom is -0.394 e. The van der Waals surface area contributed by atoms with Gasteiger partial charge in [0.2, 0.25) is 0 Å². The molecule has 0 bridgehead atoms. The van der Waals surface area contributed by atoms with Crippen molar-refractivity contribution in [3.8, 4) is 11.1 Å². The maximum absolute atomic E-state index is 13.9. The zero-order chi connectivity index (χ0) is 24.8. The molecule has 0 saturated carbocycles. The van der Waals surface area contributed by atoms with Crippen LogP contribution < -0.4 is 0 Å². The molecule has 1 aliphatic heterocycles. The van der Waals surface area contributed by atoms with Crippen LogP contribution in [0.25, 0.3) is 11.1 Å². The van der Waals surface area contributed by atoms with Gasteiger partial charge in [0.05, 0.1) is 25.4 Å². The summed E-state index contributed by atoms with van der Waals surface area (Å²) in [6.07, 6.45) is 3.52. The summed E-state index contributed by atoms with van der Waals surface area (Å²) in [5, 5.41) is 9.98. The molecule has 0 radical (unpaired) electrons. The average Bonchev–Trinajstić information content (AvgIpc) is 2.90. The summed E-state index contributed by atoms with van der Waals surface area (Å²) < 4.78 is 6.58. The first-order valence-corrected chi connectivity index (χ1v) is 12.3. The van der Waals surface area contributed by atoms with E-state index in [2.05, 4.69) is 36.0 Å². The minimum absolute atomic E-state index is 0.0604. The fraction of sp³-hybridized carbons (Fsp3) is 0.379. The van der Waals surface area contributed by atoms with Gasteiger partial charge in [0.25, 0.3) is 5.91 Å². The lowest BCUT2D eigenvalue weighted by Gasteiger charge is -2.35. The molecule has 2 aromatic carbocycles. The molecule has 0 spiro atoms. The average molecular weight is 474 g/mol. The van der Waals surface area contributed by atoms with Crippen LogP contribution >= 0.6 is 0 Å². The van der Waals surface area contributed by atoms with Crippen molar-refractivity contribution >= 4 is 5.91 Å². The third kappa shape index (κ3) is 5.96. The van der Waals surface area contributed by atoms with Crippen LogP contribution in [0.5, 0.6) is 0 Å². The second-order valence-corrected chi connectivity index (χ2v) is 9.57. The smallest absolute Gasteiger partial charge is 0.254 e. The molecule has 0 saturated heterocycles. The lowest BCUT2D eigenvalue weighted by Crippen LogP contribution is -2.47. The maximum Gasteiger partial charge on any atom is 0.254 e. The van der Waals surface area contributed by atoms with Crippen molar-refractivity contribution in [2.75, 3.05) is 26.7 Å². The summed E-state index contributed by atoms with van der Waals surface area (Å²) in [5.74, 6) is -0.000132. The Morgan fingerprint density at radius 1 is 1.06 bits per heavy atom. The van der Waals surface area contributed by atoms with Crippen LogP contribution in [0.15, 0.2) is 73.1 Å². The van der Waals surface area contributed by atoms with E-state index in [4.69, 9.17) is 4.74 Å². The van der Waals surface area contributed by atoms with Crippen LogP contribution in [0.2, 0.25) is 0 Å². The first kappa shape index (κ1) is 25.0. The number of pyridine rings is 1. The van der Waals surface area contributed by atoms with Gasteiger partial charge in [-0.1, -0.05) is 49.4 Å². The summed E-state index contributed by atoms with van der Waals surface area (Å²) in [6, 6.07) is 19.6. The first-order valence-electron chi connectivity index (χ1n) is 12.3. The van der Waals surface area contributed by atoms with Crippen LogP contribution in [0.1, 0.15) is 35.3 Å². The van der Waals surface area contributed by atoms with Crippen LogP contribution in [0.4, 0.5) is 0 Å². The van der Waals surface area contributed by atoms with Crippen molar-refractivity contribution < 1.29 is 14.6 Å². The predicted octanol–water partition coefficient (Wildman–Crippen LogP) is 4.24. The number of ether oxygens (including phenoxy) is 1. The summed E-state index contributed by atoms with van der Waals surface area (Å²) in [6.45, 7) is 6.40. The molecule has 2 heterocycles. The Hall–Kier alpha value is -3.06. The highest BCUT2D eigenvalue weighted by Crippen LogP contribution is 2.31. The molecule has 3 atom stereocenters. The van der Waals surface area contributed by atoms with Gasteiger partial charge in [-0.15, -0.1) is 0 Å². The van der Waals surface area contributed by atoms with Gasteiger partial charge < -0.3 is 14.7 Å². The van der Waals surface area contributed by atoms with Crippen molar-refractivity contribution in [2.24, 2.45) is 5.92 Å². The molecule has 6 heteroatoms. The molecule has 1 aromatic heterocycles. The number of fused-ring (bicyclic) bond motifs is 3. The van der Waals surface area contributed by atoms with Gasteiger partial charge in [-0.3, -0.25) is 14.7 Å². The Kier molecular flexibility index (Phi) is 8.29. The Labute approximate surface area is 208 Å². The van der Waals surface area contributed by atoms with E-state index >= 15 is 0 Å². The Bertz CT molecular complexity index is 1120. The number of amides is 1. The monoisotopic (exact) mass is 473 g/mol. The number of likely N-dealkylation sites (N-methyl/N-ethyl adjacent to an activating group) is 1. The van der Waals surface area contributed by atoms with Gasteiger partial charge >= 0.3 is 0 Å². The molecule has 0 unspecified atom stereocenters. The molecule has 6 nitrogen and oxygen atoms in total. The number of benzene rings is 2. The van der Waals surface area contributed by atoms with Crippen LogP contribution in [0.3, 0.4) is 0 Å². The zero-order valence-corrected chi connectivity index (χ0v) is 20.8. The highest BCUT2D eigenvalue weighted by atomic mass is 16.5. The second kappa shape index (κ2) is 11.6. The van der Waals surface area contributed by atoms with E-state index in [-0.39, 0.29) is 30.6 Å². The quantitative estimate of drug-likeness (QED) is 0.580. The summed E-state index contributed by atoms with van der Waals surface area (Å²) in [4.78, 5) is 22.0. The topological polar surface area (TPSA) is 65.9 Å². The predicted molar refractivity (Wildman–Crippen MR) is 138 cm³/mol. The van der Waals surface area contributed by atoms with E-state index in [0.29, 0.717) is 25.3 Å². The molecular formula is C29H35N3O3. The number of hydrogen-bond acceptors (Lipinski definition) is 5. The Morgan fingerprint density at radius 3 is 2.43 bits per heavy atom. The number of aromatic nitrogens is 1. The third-order valence-corrected chi connectivity index (χ3v) is 6.79. The fourth-order valence-electron chi connectivity index (χ4n) is 4.72. The zero-order valence-electron chi connectivity index (χ0n) is 20.8. The molecule has 184 valence electrons. The number of nitrogens with zero attached hydrogens (tertiary/aromatic N) is 3. The minimum atomic E-state index is -0.302. The Morgan fingerprint density at radius 2 is 1.71 bits per heavy atom. The molecule has 35 heavy (non-hydrogen) atoms. The van der Waals surface area contributed by atoms with Crippen LogP contribution in [-0.2, 0) is 17.9 Å². The third-order valence-electron chi connectivity index (χ3n) is 6.79. The molecule has 0 aliphatic carbocycles. The van der Waals surface area contributed by atoms with Gasteiger partial charge in [0.15, 0.2) is 0 Å². The van der Waals surface area contributed by atoms with Crippen molar-refractivity contribution in [2.45, 2.75) is 39.1 Å². The number of carbonyl (C=O) groups excluding carboxylic acids is 1. The van der Waals surface area contributed by atoms with E-state index < -0.39 is 0 Å². The highest BCUT2D eigenvalue weighted by Gasteiger charge is 2.30. The van der Waals surface area contributed by atoms with Gasteiger partial charge in [-0.2, -0.15) is 0 Å². The lowest BCUT2D eigenvalue weighted by molar-refractivity contribution is -0.0241. The molecule has 4 rings (SSSR count). The van der Waals surface area contributed by atoms with E-state index in [1.165, 1.54) is 5.56 Å². The number of aliphatic hydroxyl groups excluding tert-OH is 1. The normalized spacial score (nSPS) is 19.6. The maximum atomic E-state index is 13.9. The second-order valence-electron chi connectivity index (χ2n) is 9.57. The van der Waals surface area contributed by atoms with Crippen molar-refractivity contribution in [3.05, 3.63) is 89.7 Å².